The third-order valence-electron chi connectivity index (χ3n) is 5.98. The number of amides is 2. The van der Waals surface area contributed by atoms with Crippen molar-refractivity contribution in [2.24, 2.45) is 0 Å². The summed E-state index contributed by atoms with van der Waals surface area (Å²) < 4.78 is 26.1. The summed E-state index contributed by atoms with van der Waals surface area (Å²) in [6.07, 6.45) is 4.95. The number of para-hydroxylation sites is 1. The number of carbonyl (C=O) groups excluding carboxylic acids is 2. The van der Waals surface area contributed by atoms with Gasteiger partial charge in [-0.05, 0) is 44.0 Å². The predicted molar refractivity (Wildman–Crippen MR) is 136 cm³/mol. The van der Waals surface area contributed by atoms with Crippen LogP contribution >= 0.6 is 23.2 Å². The fourth-order valence-corrected chi connectivity index (χ4v) is 5.40. The fraction of sp³-hybridized carbons (Fsp3) is 0.417. The number of nitrogens with one attached hydrogen (secondary N) is 1. The van der Waals surface area contributed by atoms with Crippen molar-refractivity contribution in [2.45, 2.75) is 51.2 Å². The maximum Gasteiger partial charge on any atom is 0.244 e. The molecule has 2 aromatic rings. The lowest BCUT2D eigenvalue weighted by atomic mass is 10.1. The van der Waals surface area contributed by atoms with E-state index >= 15 is 0 Å². The Hall–Kier alpha value is -2.29. The van der Waals surface area contributed by atoms with Crippen LogP contribution in [0.5, 0.6) is 0 Å². The summed E-state index contributed by atoms with van der Waals surface area (Å²) in [4.78, 5) is 27.9. The molecule has 1 N–H and O–H groups in total. The van der Waals surface area contributed by atoms with Gasteiger partial charge in [0.15, 0.2) is 0 Å². The van der Waals surface area contributed by atoms with Gasteiger partial charge in [-0.15, -0.1) is 0 Å². The molecule has 2 amide bonds. The molecule has 1 saturated carbocycles. The summed E-state index contributed by atoms with van der Waals surface area (Å²) in [7, 11) is -3.77. The van der Waals surface area contributed by atoms with Crippen molar-refractivity contribution in [3.63, 3.8) is 0 Å². The summed E-state index contributed by atoms with van der Waals surface area (Å²) in [5.74, 6) is -0.839. The van der Waals surface area contributed by atoms with Crippen LogP contribution in [0.15, 0.2) is 48.5 Å². The molecule has 0 unspecified atom stereocenters. The normalized spacial score (nSPS) is 15.1. The highest BCUT2D eigenvalue weighted by molar-refractivity contribution is 7.92. The highest BCUT2D eigenvalue weighted by Gasteiger charge is 2.32. The smallest absolute Gasteiger partial charge is 0.244 e. The van der Waals surface area contributed by atoms with E-state index in [-0.39, 0.29) is 18.5 Å². The first-order valence-corrected chi connectivity index (χ1v) is 13.7. The van der Waals surface area contributed by atoms with Gasteiger partial charge in [0, 0.05) is 28.2 Å². The Balaban J connectivity index is 1.91. The molecule has 2 aromatic carbocycles. The lowest BCUT2D eigenvalue weighted by Gasteiger charge is -2.32. The molecule has 0 bridgehead atoms. The van der Waals surface area contributed by atoms with Crippen molar-refractivity contribution in [3.05, 3.63) is 64.1 Å². The van der Waals surface area contributed by atoms with Crippen LogP contribution in [-0.2, 0) is 26.2 Å². The minimum absolute atomic E-state index is 0.0387. The van der Waals surface area contributed by atoms with E-state index in [1.165, 1.54) is 4.90 Å². The Morgan fingerprint density at radius 2 is 1.62 bits per heavy atom. The van der Waals surface area contributed by atoms with Gasteiger partial charge in [0.25, 0.3) is 0 Å². The van der Waals surface area contributed by atoms with E-state index in [0.29, 0.717) is 21.3 Å². The van der Waals surface area contributed by atoms with Gasteiger partial charge < -0.3 is 10.2 Å². The maximum absolute atomic E-state index is 13.5. The van der Waals surface area contributed by atoms with Crippen LogP contribution in [0.1, 0.15) is 38.2 Å². The number of halogens is 2. The molecule has 184 valence electrons. The van der Waals surface area contributed by atoms with Gasteiger partial charge in [-0.3, -0.25) is 13.9 Å². The van der Waals surface area contributed by atoms with Crippen molar-refractivity contribution in [3.8, 4) is 0 Å². The Labute approximate surface area is 211 Å². The molecule has 7 nitrogen and oxygen atoms in total. The second-order valence-corrected chi connectivity index (χ2v) is 11.2. The monoisotopic (exact) mass is 525 g/mol. The minimum Gasteiger partial charge on any atom is -0.352 e. The van der Waals surface area contributed by atoms with E-state index in [1.807, 2.05) is 0 Å². The number of carbonyl (C=O) groups is 2. The van der Waals surface area contributed by atoms with Crippen LogP contribution < -0.4 is 9.62 Å². The Bertz CT molecular complexity index is 1100. The van der Waals surface area contributed by atoms with Gasteiger partial charge in [-0.2, -0.15) is 0 Å². The third-order valence-corrected chi connectivity index (χ3v) is 7.83. The zero-order valence-corrected chi connectivity index (χ0v) is 21.5. The molecule has 0 radical (unpaired) electrons. The van der Waals surface area contributed by atoms with E-state index in [9.17, 15) is 18.0 Å². The number of anilines is 1. The van der Waals surface area contributed by atoms with Crippen molar-refractivity contribution >= 4 is 50.7 Å². The second kappa shape index (κ2) is 11.4. The van der Waals surface area contributed by atoms with Crippen molar-refractivity contribution < 1.29 is 18.0 Å². The van der Waals surface area contributed by atoms with Gasteiger partial charge in [0.05, 0.1) is 11.9 Å². The quantitative estimate of drug-likeness (QED) is 0.530. The van der Waals surface area contributed by atoms with Crippen molar-refractivity contribution in [1.29, 1.82) is 0 Å². The first-order valence-electron chi connectivity index (χ1n) is 11.1. The molecular formula is C24H29Cl2N3O4S. The van der Waals surface area contributed by atoms with Gasteiger partial charge >= 0.3 is 0 Å². The third kappa shape index (κ3) is 6.64. The molecule has 0 heterocycles. The van der Waals surface area contributed by atoms with Crippen molar-refractivity contribution in [1.82, 2.24) is 10.2 Å². The zero-order chi connectivity index (χ0) is 24.9. The van der Waals surface area contributed by atoms with Gasteiger partial charge in [-0.1, -0.05) is 60.3 Å². The Morgan fingerprint density at radius 1 is 1.03 bits per heavy atom. The lowest BCUT2D eigenvalue weighted by molar-refractivity contribution is -0.139. The lowest BCUT2D eigenvalue weighted by Crippen LogP contribution is -2.52. The topological polar surface area (TPSA) is 86.8 Å². The van der Waals surface area contributed by atoms with Crippen LogP contribution in [0.3, 0.4) is 0 Å². The van der Waals surface area contributed by atoms with Gasteiger partial charge in [0.1, 0.15) is 12.6 Å². The molecule has 1 aliphatic carbocycles. The highest BCUT2D eigenvalue weighted by Crippen LogP contribution is 2.27. The molecule has 0 aliphatic heterocycles. The van der Waals surface area contributed by atoms with Crippen molar-refractivity contribution in [2.75, 3.05) is 17.1 Å². The van der Waals surface area contributed by atoms with Crippen LogP contribution in [0.4, 0.5) is 5.69 Å². The molecule has 0 aromatic heterocycles. The molecule has 0 spiro atoms. The maximum atomic E-state index is 13.5. The Kier molecular flexibility index (Phi) is 8.84. The predicted octanol–water partition coefficient (Wildman–Crippen LogP) is 4.24. The average molecular weight is 526 g/mol. The fourth-order valence-electron chi connectivity index (χ4n) is 4.04. The first kappa shape index (κ1) is 26.3. The van der Waals surface area contributed by atoms with E-state index in [2.05, 4.69) is 5.32 Å². The molecular weight excluding hydrogens is 497 g/mol. The number of benzene rings is 2. The SMILES string of the molecule is C[C@H](C(=O)NC1CCCC1)N(Cc1c(Cl)cccc1Cl)C(=O)CN(c1ccccc1)S(C)(=O)=O. The van der Waals surface area contributed by atoms with Crippen LogP contribution in [0.25, 0.3) is 0 Å². The minimum atomic E-state index is -3.77. The van der Waals surface area contributed by atoms with E-state index < -0.39 is 28.5 Å². The molecule has 34 heavy (non-hydrogen) atoms. The molecule has 1 fully saturated rings. The summed E-state index contributed by atoms with van der Waals surface area (Å²) in [6, 6.07) is 12.6. The van der Waals surface area contributed by atoms with Gasteiger partial charge in [-0.25, -0.2) is 8.42 Å². The van der Waals surface area contributed by atoms with Crippen LogP contribution in [0.2, 0.25) is 10.0 Å². The molecule has 1 atom stereocenters. The molecule has 0 saturated heterocycles. The van der Waals surface area contributed by atoms with E-state index in [1.54, 1.807) is 55.5 Å². The second-order valence-electron chi connectivity index (χ2n) is 8.49. The largest absolute Gasteiger partial charge is 0.352 e. The number of sulfonamides is 1. The summed E-state index contributed by atoms with van der Waals surface area (Å²) >= 11 is 12.7. The standard InChI is InChI=1S/C24H29Cl2N3O4S/c1-17(24(31)27-18-9-6-7-10-18)28(15-20-21(25)13-8-14-22(20)26)23(30)16-29(34(2,32)33)19-11-4-3-5-12-19/h3-5,8,11-14,17-18H,6-7,9-10,15-16H2,1-2H3,(H,27,31)/t17-/m1/s1. The summed E-state index contributed by atoms with van der Waals surface area (Å²) in [6.45, 7) is 1.12. The number of nitrogens with zero attached hydrogens (tertiary/aromatic N) is 2. The summed E-state index contributed by atoms with van der Waals surface area (Å²) in [5, 5.41) is 3.73. The number of hydrogen-bond donors (Lipinski definition) is 1. The number of hydrogen-bond acceptors (Lipinski definition) is 4. The molecule has 3 rings (SSSR count). The number of rotatable bonds is 9. The average Bonchev–Trinajstić information content (AvgIpc) is 3.29. The highest BCUT2D eigenvalue weighted by atomic mass is 35.5. The van der Waals surface area contributed by atoms with Gasteiger partial charge in [0.2, 0.25) is 21.8 Å². The summed E-state index contributed by atoms with van der Waals surface area (Å²) in [5.41, 5.74) is 0.849. The van der Waals surface area contributed by atoms with E-state index in [0.717, 1.165) is 36.2 Å². The van der Waals surface area contributed by atoms with Crippen LogP contribution in [-0.4, -0.2) is 50.0 Å². The first-order chi connectivity index (χ1) is 16.1. The van der Waals surface area contributed by atoms with Crippen LogP contribution in [0, 0.1) is 0 Å². The molecule has 1 aliphatic rings. The Morgan fingerprint density at radius 3 is 2.18 bits per heavy atom. The molecule has 10 heteroatoms. The zero-order valence-electron chi connectivity index (χ0n) is 19.2. The van der Waals surface area contributed by atoms with E-state index in [4.69, 9.17) is 23.2 Å².